The van der Waals surface area contributed by atoms with Gasteiger partial charge in [0.1, 0.15) is 0 Å². The normalized spacial score (nSPS) is 15.9. The summed E-state index contributed by atoms with van der Waals surface area (Å²) in [5.41, 5.74) is 7.30. The summed E-state index contributed by atoms with van der Waals surface area (Å²) in [4.78, 5) is 0. The predicted octanol–water partition coefficient (Wildman–Crippen LogP) is 6.80. The number of benzene rings is 3. The second-order valence-electron chi connectivity index (χ2n) is 6.40. The Morgan fingerprint density at radius 3 is 2.04 bits per heavy atom. The fourth-order valence-electron chi connectivity index (χ4n) is 3.69. The molecule has 0 aliphatic heterocycles. The molecule has 1 aliphatic rings. The quantitative estimate of drug-likeness (QED) is 0.452. The first-order valence-corrected chi connectivity index (χ1v) is 13.1. The van der Waals surface area contributed by atoms with E-state index in [1.54, 1.807) is 0 Å². The van der Waals surface area contributed by atoms with Crippen LogP contribution in [0.2, 0.25) is 0 Å². The Kier molecular flexibility index (Phi) is 7.35. The zero-order valence-electron chi connectivity index (χ0n) is 14.9. The number of fused-ring (bicyclic) bond motifs is 1. The molecule has 0 saturated carbocycles. The van der Waals surface area contributed by atoms with E-state index in [0.29, 0.717) is 0 Å². The Morgan fingerprint density at radius 1 is 0.815 bits per heavy atom. The van der Waals surface area contributed by atoms with Crippen molar-refractivity contribution in [1.29, 1.82) is 0 Å². The Labute approximate surface area is 177 Å². The average molecular weight is 431 g/mol. The van der Waals surface area contributed by atoms with Gasteiger partial charge >= 0.3 is 35.6 Å². The van der Waals surface area contributed by atoms with Crippen LogP contribution in [0.15, 0.2) is 78.9 Å². The monoisotopic (exact) mass is 430 g/mol. The Morgan fingerprint density at radius 2 is 1.37 bits per heavy atom. The molecule has 27 heavy (non-hydrogen) atoms. The van der Waals surface area contributed by atoms with E-state index < -0.39 is 23.1 Å². The number of aliphatic hydroxyl groups excluding tert-OH is 1. The molecule has 1 N–H and O–H groups in total. The summed E-state index contributed by atoms with van der Waals surface area (Å²) in [6, 6.07) is 27.3. The molecular weight excluding hydrogens is 411 g/mol. The second-order valence-corrected chi connectivity index (χ2v) is 8.98. The molecular formula is C23H20Cl2OTi. The van der Waals surface area contributed by atoms with Crippen molar-refractivity contribution in [3.05, 3.63) is 107 Å². The molecule has 136 valence electrons. The van der Waals surface area contributed by atoms with E-state index >= 15 is 0 Å². The molecule has 4 rings (SSSR count). The third-order valence-corrected chi connectivity index (χ3v) is 4.79. The van der Waals surface area contributed by atoms with Gasteiger partial charge in [-0.2, -0.15) is 0 Å². The van der Waals surface area contributed by atoms with Crippen molar-refractivity contribution in [1.82, 2.24) is 0 Å². The van der Waals surface area contributed by atoms with E-state index in [9.17, 15) is 5.11 Å². The van der Waals surface area contributed by atoms with Crippen LogP contribution in [-0.4, -0.2) is 5.11 Å². The predicted molar refractivity (Wildman–Crippen MR) is 111 cm³/mol. The molecule has 3 aromatic rings. The summed E-state index contributed by atoms with van der Waals surface area (Å²) in [6.07, 6.45) is 1.81. The molecule has 1 aliphatic carbocycles. The Hall–Kier alpha value is -1.35. The molecule has 0 bridgehead atoms. The first-order chi connectivity index (χ1) is 13.2. The number of hydrogen-bond acceptors (Lipinski definition) is 1. The summed E-state index contributed by atoms with van der Waals surface area (Å²) in [5.74, 6) is 0.161. The van der Waals surface area contributed by atoms with E-state index in [0.717, 1.165) is 5.56 Å². The minimum atomic E-state index is -0.556. The zero-order chi connectivity index (χ0) is 19.2. The van der Waals surface area contributed by atoms with Crippen LogP contribution in [-0.2, 0) is 17.0 Å². The van der Waals surface area contributed by atoms with Gasteiger partial charge in [-0.1, -0.05) is 78.9 Å². The summed E-state index contributed by atoms with van der Waals surface area (Å²) in [7, 11) is 9.78. The molecule has 0 fully saturated rings. The minimum absolute atomic E-state index is 0.161. The maximum atomic E-state index is 10.3. The van der Waals surface area contributed by atoms with Crippen LogP contribution in [0, 0.1) is 0 Å². The molecule has 0 spiro atoms. The van der Waals surface area contributed by atoms with E-state index in [1.807, 2.05) is 25.1 Å². The van der Waals surface area contributed by atoms with Crippen LogP contribution >= 0.6 is 18.6 Å². The van der Waals surface area contributed by atoms with Crippen molar-refractivity contribution in [2.75, 3.05) is 0 Å². The van der Waals surface area contributed by atoms with Gasteiger partial charge in [0.25, 0.3) is 0 Å². The first kappa shape index (κ1) is 20.4. The van der Waals surface area contributed by atoms with Gasteiger partial charge in [0, 0.05) is 5.92 Å². The van der Waals surface area contributed by atoms with E-state index in [-0.39, 0.29) is 5.92 Å². The summed E-state index contributed by atoms with van der Waals surface area (Å²) >= 11 is -0.556. The Balaban J connectivity index is 0.000000659. The fourth-order valence-corrected chi connectivity index (χ4v) is 3.69. The average Bonchev–Trinajstić information content (AvgIpc) is 3.08. The van der Waals surface area contributed by atoms with Crippen LogP contribution in [0.1, 0.15) is 46.8 Å². The van der Waals surface area contributed by atoms with Crippen molar-refractivity contribution >= 4 is 30.3 Å². The molecule has 1 nitrogen and oxygen atoms in total. The number of hydrogen-bond donors (Lipinski definition) is 1. The molecule has 0 heterocycles. The molecule has 0 amide bonds. The first-order valence-electron chi connectivity index (χ1n) is 8.76. The van der Waals surface area contributed by atoms with Crippen molar-refractivity contribution in [2.45, 2.75) is 18.9 Å². The van der Waals surface area contributed by atoms with Crippen LogP contribution < -0.4 is 0 Å². The summed E-state index contributed by atoms with van der Waals surface area (Å²) in [5, 5.41) is 10.3. The molecule has 2 unspecified atom stereocenters. The van der Waals surface area contributed by atoms with Gasteiger partial charge in [0.05, 0.1) is 6.10 Å². The number of halogens is 2. The number of aliphatic hydroxyl groups is 1. The molecule has 0 saturated heterocycles. The fraction of sp³-hybridized carbons (Fsp3) is 0.130. The van der Waals surface area contributed by atoms with Crippen LogP contribution in [0.3, 0.4) is 0 Å². The van der Waals surface area contributed by atoms with Gasteiger partial charge in [-0.15, -0.1) is 0 Å². The number of allylic oxidation sites excluding steroid dienone is 1. The third kappa shape index (κ3) is 4.56. The van der Waals surface area contributed by atoms with Crippen LogP contribution in [0.4, 0.5) is 0 Å². The van der Waals surface area contributed by atoms with Gasteiger partial charge in [-0.3, -0.25) is 0 Å². The van der Waals surface area contributed by atoms with E-state index in [2.05, 4.69) is 66.7 Å². The summed E-state index contributed by atoms with van der Waals surface area (Å²) < 4.78 is 0. The van der Waals surface area contributed by atoms with E-state index in [4.69, 9.17) is 18.6 Å². The van der Waals surface area contributed by atoms with Crippen LogP contribution in [0.25, 0.3) is 11.6 Å². The van der Waals surface area contributed by atoms with Gasteiger partial charge in [-0.05, 0) is 46.4 Å². The standard InChI is InChI=1S/C23H20O.2ClH.Ti/c1-16(24)19-12-7-8-14-21(19)23-20-13-6-5-11-18(20)15-22(23)17-9-3-2-4-10-17;;;/h2-16,23-24H,1H3;2*1H;/q;;;+2/p-2. The maximum absolute atomic E-state index is 10.3. The molecule has 2 atom stereocenters. The van der Waals surface area contributed by atoms with Gasteiger partial charge in [0.2, 0.25) is 0 Å². The molecule has 4 heteroatoms. The van der Waals surface area contributed by atoms with Crippen molar-refractivity contribution in [3.8, 4) is 0 Å². The molecule has 0 radical (unpaired) electrons. The van der Waals surface area contributed by atoms with Gasteiger partial charge in [-0.25, -0.2) is 0 Å². The molecule has 3 aromatic carbocycles. The molecule has 0 aromatic heterocycles. The topological polar surface area (TPSA) is 20.2 Å². The van der Waals surface area contributed by atoms with Crippen molar-refractivity contribution in [2.24, 2.45) is 0 Å². The SMILES string of the molecule is CC(O)c1ccccc1C1C(c2ccccc2)=Cc2ccccc21.[Cl][Ti][Cl]. The number of rotatable bonds is 3. The summed E-state index contributed by atoms with van der Waals surface area (Å²) in [6.45, 7) is 1.84. The van der Waals surface area contributed by atoms with Crippen molar-refractivity contribution in [3.63, 3.8) is 0 Å². The third-order valence-electron chi connectivity index (χ3n) is 4.79. The van der Waals surface area contributed by atoms with Crippen LogP contribution in [0.5, 0.6) is 0 Å². The van der Waals surface area contributed by atoms with Gasteiger partial charge in [0.15, 0.2) is 0 Å². The van der Waals surface area contributed by atoms with E-state index in [1.165, 1.54) is 27.8 Å². The zero-order valence-corrected chi connectivity index (χ0v) is 18.0. The van der Waals surface area contributed by atoms with Crippen molar-refractivity contribution < 1.29 is 22.1 Å². The second kappa shape index (κ2) is 9.73. The Bertz CT molecular complexity index is 922. The van der Waals surface area contributed by atoms with Gasteiger partial charge < -0.3 is 5.11 Å².